The van der Waals surface area contributed by atoms with Gasteiger partial charge in [-0.15, -0.1) is 0 Å². The summed E-state index contributed by atoms with van der Waals surface area (Å²) in [5, 5.41) is 9.03. The molecule has 1 unspecified atom stereocenters. The molecule has 7 nitrogen and oxygen atoms in total. The number of benzene rings is 1. The Balaban J connectivity index is 1.85. The van der Waals surface area contributed by atoms with Gasteiger partial charge < -0.3 is 19.6 Å². The second kappa shape index (κ2) is 10.1. The molecule has 1 N–H and O–H groups in total. The zero-order valence-electron chi connectivity index (χ0n) is 16.9. The Kier molecular flexibility index (Phi) is 7.84. The topological polar surface area (TPSA) is 87.2 Å². The molecule has 1 heterocycles. The molecular weight excluding hydrogens is 360 g/mol. The Labute approximate surface area is 166 Å². The maximum Gasteiger partial charge on any atom is 0.323 e. The van der Waals surface area contributed by atoms with E-state index in [9.17, 15) is 14.4 Å². The van der Waals surface area contributed by atoms with E-state index in [0.717, 1.165) is 23.3 Å². The Morgan fingerprint density at radius 2 is 1.96 bits per heavy atom. The van der Waals surface area contributed by atoms with Crippen LogP contribution >= 0.6 is 0 Å². The highest BCUT2D eigenvalue weighted by molar-refractivity contribution is 5.80. The number of nitrogens with zero attached hydrogens (tertiary/aromatic N) is 2. The molecule has 2 amide bonds. The number of ether oxygens (including phenoxy) is 1. The third-order valence-electron chi connectivity index (χ3n) is 5.33. The van der Waals surface area contributed by atoms with E-state index < -0.39 is 5.97 Å². The summed E-state index contributed by atoms with van der Waals surface area (Å²) in [5.41, 5.74) is 2.23. The SMILES string of the molecule is CC(=O)N(CC(=O)O)C1CCCN(C(=O)CCOc2cccc(C)c2C)CC1. The summed E-state index contributed by atoms with van der Waals surface area (Å²) in [6, 6.07) is 5.72. The third-order valence-corrected chi connectivity index (χ3v) is 5.33. The van der Waals surface area contributed by atoms with E-state index in [1.807, 2.05) is 32.0 Å². The lowest BCUT2D eigenvalue weighted by Crippen LogP contribution is -2.43. The molecule has 28 heavy (non-hydrogen) atoms. The van der Waals surface area contributed by atoms with Crippen molar-refractivity contribution in [3.63, 3.8) is 0 Å². The number of carboxylic acids is 1. The minimum Gasteiger partial charge on any atom is -0.493 e. The van der Waals surface area contributed by atoms with E-state index in [1.54, 1.807) is 4.90 Å². The summed E-state index contributed by atoms with van der Waals surface area (Å²) in [4.78, 5) is 38.6. The summed E-state index contributed by atoms with van der Waals surface area (Å²) in [6.07, 6.45) is 2.34. The highest BCUT2D eigenvalue weighted by Crippen LogP contribution is 2.21. The van der Waals surface area contributed by atoms with Gasteiger partial charge in [-0.2, -0.15) is 0 Å². The van der Waals surface area contributed by atoms with Crippen LogP contribution < -0.4 is 4.74 Å². The van der Waals surface area contributed by atoms with Gasteiger partial charge in [0.05, 0.1) is 13.0 Å². The molecule has 0 aliphatic carbocycles. The Hall–Kier alpha value is -2.57. The second-order valence-electron chi connectivity index (χ2n) is 7.30. The summed E-state index contributed by atoms with van der Waals surface area (Å²) in [5.74, 6) is -0.432. The minimum atomic E-state index is -1.02. The third kappa shape index (κ3) is 5.97. The average molecular weight is 390 g/mol. The van der Waals surface area contributed by atoms with E-state index in [1.165, 1.54) is 11.8 Å². The van der Waals surface area contributed by atoms with Gasteiger partial charge in [-0.1, -0.05) is 12.1 Å². The fourth-order valence-electron chi connectivity index (χ4n) is 3.57. The fraction of sp³-hybridized carbons (Fsp3) is 0.571. The summed E-state index contributed by atoms with van der Waals surface area (Å²) in [6.45, 7) is 6.59. The molecule has 0 bridgehead atoms. The van der Waals surface area contributed by atoms with E-state index in [0.29, 0.717) is 39.0 Å². The number of likely N-dealkylation sites (tertiary alicyclic amines) is 1. The Morgan fingerprint density at radius 1 is 1.21 bits per heavy atom. The van der Waals surface area contributed by atoms with Crippen molar-refractivity contribution in [2.24, 2.45) is 0 Å². The number of aryl methyl sites for hydroxylation is 1. The second-order valence-corrected chi connectivity index (χ2v) is 7.30. The highest BCUT2D eigenvalue weighted by Gasteiger charge is 2.27. The largest absolute Gasteiger partial charge is 0.493 e. The molecule has 1 aliphatic rings. The van der Waals surface area contributed by atoms with Crippen LogP contribution in [0.4, 0.5) is 0 Å². The fourth-order valence-corrected chi connectivity index (χ4v) is 3.57. The van der Waals surface area contributed by atoms with Crippen molar-refractivity contribution in [3.8, 4) is 5.75 Å². The van der Waals surface area contributed by atoms with Crippen molar-refractivity contribution in [2.75, 3.05) is 26.2 Å². The van der Waals surface area contributed by atoms with E-state index in [4.69, 9.17) is 9.84 Å². The molecule has 0 saturated carbocycles. The maximum atomic E-state index is 12.6. The number of carbonyl (C=O) groups excluding carboxylic acids is 2. The number of aliphatic carboxylic acids is 1. The first-order chi connectivity index (χ1) is 13.3. The molecular formula is C21H30N2O5. The van der Waals surface area contributed by atoms with E-state index in [2.05, 4.69) is 0 Å². The minimum absolute atomic E-state index is 0.0264. The van der Waals surface area contributed by atoms with Crippen LogP contribution in [0.1, 0.15) is 43.7 Å². The van der Waals surface area contributed by atoms with Gasteiger partial charge in [-0.3, -0.25) is 14.4 Å². The van der Waals surface area contributed by atoms with Crippen molar-refractivity contribution in [1.82, 2.24) is 9.80 Å². The van der Waals surface area contributed by atoms with E-state index >= 15 is 0 Å². The van der Waals surface area contributed by atoms with E-state index in [-0.39, 0.29) is 24.4 Å². The van der Waals surface area contributed by atoms with Crippen LogP contribution in [0, 0.1) is 13.8 Å². The molecule has 0 radical (unpaired) electrons. The number of carbonyl (C=O) groups is 3. The molecule has 0 spiro atoms. The monoisotopic (exact) mass is 390 g/mol. The van der Waals surface area contributed by atoms with Crippen LogP contribution in [0.5, 0.6) is 5.75 Å². The molecule has 2 rings (SSSR count). The maximum absolute atomic E-state index is 12.6. The van der Waals surface area contributed by atoms with Crippen molar-refractivity contribution in [2.45, 2.75) is 52.5 Å². The average Bonchev–Trinajstić information content (AvgIpc) is 2.89. The lowest BCUT2D eigenvalue weighted by atomic mass is 10.1. The smallest absolute Gasteiger partial charge is 0.323 e. The molecule has 1 aromatic rings. The van der Waals surface area contributed by atoms with Crippen LogP contribution in [-0.2, 0) is 14.4 Å². The molecule has 1 aliphatic heterocycles. The number of rotatable bonds is 7. The van der Waals surface area contributed by atoms with Gasteiger partial charge >= 0.3 is 5.97 Å². The molecule has 0 aromatic heterocycles. The number of amides is 2. The van der Waals surface area contributed by atoms with Gasteiger partial charge in [0.25, 0.3) is 0 Å². The van der Waals surface area contributed by atoms with Gasteiger partial charge in [0.2, 0.25) is 11.8 Å². The van der Waals surface area contributed by atoms with Crippen LogP contribution in [0.3, 0.4) is 0 Å². The number of carboxylic acid groups (broad SMARTS) is 1. The van der Waals surface area contributed by atoms with Gasteiger partial charge in [0.1, 0.15) is 12.3 Å². The standard InChI is InChI=1S/C21H30N2O5/c1-15-6-4-8-19(16(15)2)28-13-10-20(25)22-11-5-7-18(9-12-22)23(17(3)24)14-21(26)27/h4,6,8,18H,5,7,9-14H2,1-3H3,(H,26,27). The molecule has 1 saturated heterocycles. The lowest BCUT2D eigenvalue weighted by molar-refractivity contribution is -0.145. The van der Waals surface area contributed by atoms with Gasteiger partial charge in [-0.05, 0) is 50.3 Å². The Morgan fingerprint density at radius 3 is 2.64 bits per heavy atom. The molecule has 1 fully saturated rings. The van der Waals surface area contributed by atoms with Gasteiger partial charge in [0, 0.05) is 26.1 Å². The first-order valence-electron chi connectivity index (χ1n) is 9.75. The molecule has 154 valence electrons. The van der Waals surface area contributed by atoms with Crippen LogP contribution in [0.2, 0.25) is 0 Å². The first-order valence-corrected chi connectivity index (χ1v) is 9.75. The van der Waals surface area contributed by atoms with Crippen molar-refractivity contribution in [3.05, 3.63) is 29.3 Å². The quantitative estimate of drug-likeness (QED) is 0.772. The highest BCUT2D eigenvalue weighted by atomic mass is 16.5. The molecule has 7 heteroatoms. The number of hydrogen-bond donors (Lipinski definition) is 1. The predicted octanol–water partition coefficient (Wildman–Crippen LogP) is 2.39. The summed E-state index contributed by atoms with van der Waals surface area (Å²) < 4.78 is 5.78. The van der Waals surface area contributed by atoms with Gasteiger partial charge in [-0.25, -0.2) is 0 Å². The normalized spacial score (nSPS) is 17.0. The first kappa shape index (κ1) is 21.7. The summed E-state index contributed by atoms with van der Waals surface area (Å²) in [7, 11) is 0. The van der Waals surface area contributed by atoms with Crippen LogP contribution in [0.25, 0.3) is 0 Å². The van der Waals surface area contributed by atoms with Crippen LogP contribution in [0.15, 0.2) is 18.2 Å². The molecule has 1 aromatic carbocycles. The van der Waals surface area contributed by atoms with Crippen molar-refractivity contribution >= 4 is 17.8 Å². The zero-order chi connectivity index (χ0) is 20.7. The molecule has 1 atom stereocenters. The van der Waals surface area contributed by atoms with Crippen molar-refractivity contribution < 1.29 is 24.2 Å². The number of hydrogen-bond acceptors (Lipinski definition) is 4. The van der Waals surface area contributed by atoms with Crippen molar-refractivity contribution in [1.29, 1.82) is 0 Å². The Bertz CT molecular complexity index is 719. The summed E-state index contributed by atoms with van der Waals surface area (Å²) >= 11 is 0. The van der Waals surface area contributed by atoms with Crippen LogP contribution in [-0.4, -0.2) is 65.0 Å². The lowest BCUT2D eigenvalue weighted by Gasteiger charge is -2.28. The zero-order valence-corrected chi connectivity index (χ0v) is 16.9. The van der Waals surface area contributed by atoms with Gasteiger partial charge in [0.15, 0.2) is 0 Å². The predicted molar refractivity (Wildman–Crippen MR) is 105 cm³/mol.